The molecule has 1 aromatic heterocycles. The Hall–Kier alpha value is -2.97. The zero-order valence-electron chi connectivity index (χ0n) is 18.3. The van der Waals surface area contributed by atoms with Crippen LogP contribution < -0.4 is 5.32 Å². The van der Waals surface area contributed by atoms with Crippen LogP contribution in [-0.4, -0.2) is 59.2 Å². The minimum Gasteiger partial charge on any atom is -0.467 e. The first-order chi connectivity index (χ1) is 15.8. The van der Waals surface area contributed by atoms with Crippen LogP contribution in [0.5, 0.6) is 0 Å². The fourth-order valence-corrected chi connectivity index (χ4v) is 4.70. The monoisotopic (exact) mass is 490 g/mol. The standard InChI is InChI=1S/C23H24Cl2N4O4/c1-3-29-18-13-28(9-8-19(30)27(2)12-15-5-4-10-33-15)22(31)20(18)21(26-23(29)32)16-7-6-14(24)11-17(16)25/h4-7,10-11,21H,3,8-9,12-13H2,1-2H3,(H,26,32)/t21-/m1/s1. The highest BCUT2D eigenvalue weighted by molar-refractivity contribution is 6.35. The smallest absolute Gasteiger partial charge is 0.322 e. The molecular weight excluding hydrogens is 467 g/mol. The van der Waals surface area contributed by atoms with Gasteiger partial charge in [-0.15, -0.1) is 0 Å². The van der Waals surface area contributed by atoms with Crippen molar-refractivity contribution in [3.8, 4) is 0 Å². The van der Waals surface area contributed by atoms with Gasteiger partial charge < -0.3 is 19.5 Å². The van der Waals surface area contributed by atoms with Crippen molar-refractivity contribution in [1.29, 1.82) is 0 Å². The highest BCUT2D eigenvalue weighted by Gasteiger charge is 2.44. The number of halogens is 2. The van der Waals surface area contributed by atoms with Gasteiger partial charge in [0.15, 0.2) is 0 Å². The zero-order valence-corrected chi connectivity index (χ0v) is 19.8. The highest BCUT2D eigenvalue weighted by Crippen LogP contribution is 2.39. The number of hydrogen-bond acceptors (Lipinski definition) is 4. The molecule has 0 spiro atoms. The van der Waals surface area contributed by atoms with Crippen LogP contribution in [-0.2, 0) is 16.1 Å². The fourth-order valence-electron chi connectivity index (χ4n) is 4.18. The number of benzene rings is 1. The minimum atomic E-state index is -0.685. The van der Waals surface area contributed by atoms with Gasteiger partial charge in [0.1, 0.15) is 5.76 Å². The van der Waals surface area contributed by atoms with Gasteiger partial charge >= 0.3 is 6.03 Å². The first kappa shape index (κ1) is 23.2. The average molecular weight is 491 g/mol. The maximum Gasteiger partial charge on any atom is 0.322 e. The Bertz CT molecular complexity index is 1120. The molecule has 2 aliphatic heterocycles. The molecule has 4 rings (SSSR count). The summed E-state index contributed by atoms with van der Waals surface area (Å²) in [6.45, 7) is 3.11. The zero-order chi connectivity index (χ0) is 23.7. The summed E-state index contributed by atoms with van der Waals surface area (Å²) >= 11 is 12.4. The molecule has 4 amide bonds. The molecule has 0 bridgehead atoms. The summed E-state index contributed by atoms with van der Waals surface area (Å²) in [6.07, 6.45) is 1.72. The Morgan fingerprint density at radius 3 is 2.73 bits per heavy atom. The normalized spacial score (nSPS) is 18.0. The lowest BCUT2D eigenvalue weighted by molar-refractivity contribution is -0.132. The molecule has 8 nitrogen and oxygen atoms in total. The summed E-state index contributed by atoms with van der Waals surface area (Å²) in [7, 11) is 1.69. The van der Waals surface area contributed by atoms with Crippen LogP contribution in [0, 0.1) is 0 Å². The predicted octanol–water partition coefficient (Wildman–Crippen LogP) is 3.82. The molecule has 0 radical (unpaired) electrons. The van der Waals surface area contributed by atoms with Crippen molar-refractivity contribution in [3.63, 3.8) is 0 Å². The van der Waals surface area contributed by atoms with Gasteiger partial charge in [0, 0.05) is 36.6 Å². The fraction of sp³-hybridized carbons (Fsp3) is 0.348. The number of rotatable bonds is 7. The van der Waals surface area contributed by atoms with E-state index in [4.69, 9.17) is 27.6 Å². The number of likely N-dealkylation sites (N-methyl/N-ethyl adjacent to an activating group) is 1. The number of nitrogens with one attached hydrogen (secondary N) is 1. The molecule has 1 N–H and O–H groups in total. The van der Waals surface area contributed by atoms with Crippen LogP contribution in [0.4, 0.5) is 4.79 Å². The van der Waals surface area contributed by atoms with Crippen molar-refractivity contribution < 1.29 is 18.8 Å². The number of carbonyl (C=O) groups excluding carboxylic acids is 3. The number of nitrogens with zero attached hydrogens (tertiary/aromatic N) is 3. The molecule has 0 unspecified atom stereocenters. The number of furan rings is 1. The largest absolute Gasteiger partial charge is 0.467 e. The van der Waals surface area contributed by atoms with Crippen LogP contribution >= 0.6 is 23.2 Å². The summed E-state index contributed by atoms with van der Waals surface area (Å²) in [5, 5.41) is 3.72. The van der Waals surface area contributed by atoms with Crippen molar-refractivity contribution in [2.75, 3.05) is 26.7 Å². The van der Waals surface area contributed by atoms with Gasteiger partial charge in [-0.3, -0.25) is 14.5 Å². The molecule has 0 saturated carbocycles. The molecular formula is C23H24Cl2N4O4. The van der Waals surface area contributed by atoms with E-state index in [1.807, 2.05) is 6.92 Å². The lowest BCUT2D eigenvalue weighted by Gasteiger charge is -2.33. The second-order valence-corrected chi connectivity index (χ2v) is 8.80. The van der Waals surface area contributed by atoms with E-state index in [0.717, 1.165) is 0 Å². The van der Waals surface area contributed by atoms with E-state index in [-0.39, 0.29) is 37.4 Å². The van der Waals surface area contributed by atoms with Crippen molar-refractivity contribution in [1.82, 2.24) is 20.0 Å². The Morgan fingerprint density at radius 2 is 2.06 bits per heavy atom. The Morgan fingerprint density at radius 1 is 1.27 bits per heavy atom. The van der Waals surface area contributed by atoms with Crippen LogP contribution in [0.15, 0.2) is 52.3 Å². The van der Waals surface area contributed by atoms with Crippen molar-refractivity contribution >= 4 is 41.0 Å². The van der Waals surface area contributed by atoms with Crippen molar-refractivity contribution in [2.24, 2.45) is 0 Å². The van der Waals surface area contributed by atoms with Crippen LogP contribution in [0.1, 0.15) is 30.7 Å². The van der Waals surface area contributed by atoms with Gasteiger partial charge in [-0.25, -0.2) is 4.79 Å². The van der Waals surface area contributed by atoms with E-state index in [2.05, 4.69) is 5.32 Å². The van der Waals surface area contributed by atoms with Crippen molar-refractivity contribution in [2.45, 2.75) is 25.9 Å². The minimum absolute atomic E-state index is 0.108. The first-order valence-corrected chi connectivity index (χ1v) is 11.4. The van der Waals surface area contributed by atoms with Crippen LogP contribution in [0.2, 0.25) is 10.0 Å². The number of hydrogen-bond donors (Lipinski definition) is 1. The third-order valence-electron chi connectivity index (χ3n) is 5.88. The molecule has 1 aromatic carbocycles. The van der Waals surface area contributed by atoms with E-state index in [1.54, 1.807) is 58.3 Å². The number of urea groups is 1. The van der Waals surface area contributed by atoms with Crippen molar-refractivity contribution in [3.05, 3.63) is 69.2 Å². The summed E-state index contributed by atoms with van der Waals surface area (Å²) in [5.41, 5.74) is 1.71. The maximum atomic E-state index is 13.4. The molecule has 0 saturated heterocycles. The Balaban J connectivity index is 1.51. The van der Waals surface area contributed by atoms with Gasteiger partial charge in [-0.1, -0.05) is 29.3 Å². The van der Waals surface area contributed by atoms with E-state index in [1.165, 1.54) is 0 Å². The topological polar surface area (TPSA) is 86.1 Å². The van der Waals surface area contributed by atoms with E-state index in [9.17, 15) is 14.4 Å². The number of carbonyl (C=O) groups is 3. The molecule has 0 aliphatic carbocycles. The van der Waals surface area contributed by atoms with Gasteiger partial charge in [0.05, 0.1) is 36.7 Å². The van der Waals surface area contributed by atoms with Gasteiger partial charge in [-0.2, -0.15) is 0 Å². The molecule has 2 aliphatic rings. The Labute approximate surface area is 201 Å². The summed E-state index contributed by atoms with van der Waals surface area (Å²) < 4.78 is 5.29. The van der Waals surface area contributed by atoms with Crippen LogP contribution in [0.3, 0.4) is 0 Å². The molecule has 3 heterocycles. The molecule has 33 heavy (non-hydrogen) atoms. The highest BCUT2D eigenvalue weighted by atomic mass is 35.5. The lowest BCUT2D eigenvalue weighted by Crippen LogP contribution is -2.47. The third kappa shape index (κ3) is 4.58. The number of amides is 4. The van der Waals surface area contributed by atoms with Gasteiger partial charge in [-0.05, 0) is 36.8 Å². The quantitative estimate of drug-likeness (QED) is 0.638. The lowest BCUT2D eigenvalue weighted by atomic mass is 9.95. The van der Waals surface area contributed by atoms with E-state index < -0.39 is 6.04 Å². The summed E-state index contributed by atoms with van der Waals surface area (Å²) in [5.74, 6) is 0.356. The second-order valence-electron chi connectivity index (χ2n) is 7.96. The third-order valence-corrected chi connectivity index (χ3v) is 6.44. The molecule has 2 aromatic rings. The molecule has 174 valence electrons. The molecule has 10 heteroatoms. The predicted molar refractivity (Wildman–Crippen MR) is 124 cm³/mol. The summed E-state index contributed by atoms with van der Waals surface area (Å²) in [4.78, 5) is 43.5. The molecule has 1 atom stereocenters. The molecule has 0 fully saturated rings. The second kappa shape index (κ2) is 9.49. The SMILES string of the molecule is CCN1C(=O)N[C@H](c2ccc(Cl)cc2Cl)C2=C1CN(CCC(=O)N(C)Cc1ccco1)C2=O. The van der Waals surface area contributed by atoms with Crippen LogP contribution in [0.25, 0.3) is 0 Å². The van der Waals surface area contributed by atoms with E-state index in [0.29, 0.717) is 45.7 Å². The van der Waals surface area contributed by atoms with E-state index >= 15 is 0 Å². The average Bonchev–Trinajstić information content (AvgIpc) is 3.39. The Kier molecular flexibility index (Phi) is 6.67. The summed E-state index contributed by atoms with van der Waals surface area (Å²) in [6, 6.07) is 7.56. The van der Waals surface area contributed by atoms with Gasteiger partial charge in [0.25, 0.3) is 5.91 Å². The van der Waals surface area contributed by atoms with Gasteiger partial charge in [0.2, 0.25) is 5.91 Å². The first-order valence-electron chi connectivity index (χ1n) is 10.6. The maximum absolute atomic E-state index is 13.4.